The van der Waals surface area contributed by atoms with Gasteiger partial charge in [0.15, 0.2) is 0 Å². The molecule has 26 heavy (non-hydrogen) atoms. The van der Waals surface area contributed by atoms with Crippen molar-refractivity contribution in [2.45, 2.75) is 31.9 Å². The number of carbonyl (C=O) groups excluding carboxylic acids is 2. The van der Waals surface area contributed by atoms with Crippen LogP contribution in [0.5, 0.6) is 0 Å². The summed E-state index contributed by atoms with van der Waals surface area (Å²) in [6.45, 7) is 2.18. The summed E-state index contributed by atoms with van der Waals surface area (Å²) in [5, 5.41) is 0. The van der Waals surface area contributed by atoms with E-state index in [1.165, 1.54) is 11.0 Å². The number of nitrogens with zero attached hydrogens (tertiary/aromatic N) is 2. The number of benzene rings is 1. The fourth-order valence-electron chi connectivity index (χ4n) is 3.23. The van der Waals surface area contributed by atoms with Gasteiger partial charge in [0.05, 0.1) is 19.3 Å². The van der Waals surface area contributed by atoms with Crippen molar-refractivity contribution >= 4 is 11.8 Å². The van der Waals surface area contributed by atoms with Gasteiger partial charge in [-0.05, 0) is 25.3 Å². The Balaban J connectivity index is 1.42. The summed E-state index contributed by atoms with van der Waals surface area (Å²) in [6.07, 6.45) is 3.23. The average Bonchev–Trinajstić information content (AvgIpc) is 2.66. The van der Waals surface area contributed by atoms with Gasteiger partial charge in [-0.25, -0.2) is 4.39 Å². The topological polar surface area (TPSA) is 59.1 Å². The summed E-state index contributed by atoms with van der Waals surface area (Å²) in [5.74, 6) is -0.694. The van der Waals surface area contributed by atoms with Crippen molar-refractivity contribution < 1.29 is 23.5 Å². The fourth-order valence-corrected chi connectivity index (χ4v) is 3.23. The van der Waals surface area contributed by atoms with Crippen LogP contribution >= 0.6 is 0 Å². The van der Waals surface area contributed by atoms with Gasteiger partial charge in [-0.2, -0.15) is 0 Å². The predicted molar refractivity (Wildman–Crippen MR) is 92.8 cm³/mol. The van der Waals surface area contributed by atoms with Gasteiger partial charge in [0.1, 0.15) is 12.4 Å². The highest BCUT2D eigenvalue weighted by molar-refractivity contribution is 5.86. The molecular formula is C19H25FN2O4. The number of hydrogen-bond acceptors (Lipinski definition) is 4. The van der Waals surface area contributed by atoms with Crippen molar-refractivity contribution in [2.24, 2.45) is 0 Å². The summed E-state index contributed by atoms with van der Waals surface area (Å²) in [4.78, 5) is 27.6. The number of halogens is 1. The number of rotatable bonds is 6. The normalized spacial score (nSPS) is 21.1. The highest BCUT2D eigenvalue weighted by Gasteiger charge is 2.27. The second kappa shape index (κ2) is 9.09. The summed E-state index contributed by atoms with van der Waals surface area (Å²) in [5.41, 5.74) is 0.483. The smallest absolute Gasteiger partial charge is 0.249 e. The lowest BCUT2D eigenvalue weighted by atomic mass is 10.1. The molecule has 2 saturated heterocycles. The molecule has 0 aliphatic carbocycles. The monoisotopic (exact) mass is 364 g/mol. The molecule has 1 aromatic carbocycles. The maximum absolute atomic E-state index is 13.7. The molecule has 0 radical (unpaired) electrons. The molecule has 142 valence electrons. The second-order valence-electron chi connectivity index (χ2n) is 6.73. The van der Waals surface area contributed by atoms with Crippen LogP contribution in [0.25, 0.3) is 0 Å². The number of ether oxygens (including phenoxy) is 2. The minimum absolute atomic E-state index is 0.0105. The SMILES string of the molecule is O=C(COC[C@H]1CCCCO1)N1CCN(Cc2ccccc2F)C(=O)C1. The first kappa shape index (κ1) is 18.8. The lowest BCUT2D eigenvalue weighted by molar-refractivity contribution is -0.149. The number of piperazine rings is 1. The summed E-state index contributed by atoms with van der Waals surface area (Å²) >= 11 is 0. The van der Waals surface area contributed by atoms with E-state index in [0.29, 0.717) is 25.3 Å². The van der Waals surface area contributed by atoms with Crippen LogP contribution in [-0.4, -0.2) is 67.2 Å². The number of amides is 2. The molecule has 3 rings (SSSR count). The Morgan fingerprint density at radius 3 is 2.85 bits per heavy atom. The van der Waals surface area contributed by atoms with Crippen LogP contribution in [-0.2, 0) is 25.6 Å². The van der Waals surface area contributed by atoms with E-state index < -0.39 is 0 Å². The average molecular weight is 364 g/mol. The number of hydrogen-bond donors (Lipinski definition) is 0. The van der Waals surface area contributed by atoms with Gasteiger partial charge in [0.25, 0.3) is 0 Å². The Morgan fingerprint density at radius 1 is 1.27 bits per heavy atom. The van der Waals surface area contributed by atoms with E-state index in [0.717, 1.165) is 25.9 Å². The molecule has 1 aromatic rings. The van der Waals surface area contributed by atoms with Crippen LogP contribution < -0.4 is 0 Å². The van der Waals surface area contributed by atoms with E-state index >= 15 is 0 Å². The molecule has 2 amide bonds. The van der Waals surface area contributed by atoms with Crippen molar-refractivity contribution in [3.05, 3.63) is 35.6 Å². The molecule has 0 bridgehead atoms. The minimum atomic E-state index is -0.322. The second-order valence-corrected chi connectivity index (χ2v) is 6.73. The molecule has 0 saturated carbocycles. The van der Waals surface area contributed by atoms with E-state index in [2.05, 4.69) is 0 Å². The van der Waals surface area contributed by atoms with Crippen LogP contribution in [0.1, 0.15) is 24.8 Å². The quantitative estimate of drug-likeness (QED) is 0.769. The largest absolute Gasteiger partial charge is 0.376 e. The van der Waals surface area contributed by atoms with E-state index in [1.807, 2.05) is 0 Å². The molecule has 6 nitrogen and oxygen atoms in total. The predicted octanol–water partition coefficient (Wildman–Crippen LogP) is 1.58. The molecule has 2 heterocycles. The van der Waals surface area contributed by atoms with Crippen LogP contribution in [0.4, 0.5) is 4.39 Å². The van der Waals surface area contributed by atoms with Crippen LogP contribution in [0.3, 0.4) is 0 Å². The van der Waals surface area contributed by atoms with Crippen molar-refractivity contribution in [3.8, 4) is 0 Å². The van der Waals surface area contributed by atoms with Gasteiger partial charge < -0.3 is 19.3 Å². The van der Waals surface area contributed by atoms with Gasteiger partial charge in [-0.3, -0.25) is 9.59 Å². The maximum Gasteiger partial charge on any atom is 0.249 e. The maximum atomic E-state index is 13.7. The molecule has 2 aliphatic rings. The zero-order chi connectivity index (χ0) is 18.4. The third-order valence-corrected chi connectivity index (χ3v) is 4.79. The summed E-state index contributed by atoms with van der Waals surface area (Å²) in [7, 11) is 0. The van der Waals surface area contributed by atoms with Crippen LogP contribution in [0.2, 0.25) is 0 Å². The molecule has 7 heteroatoms. The van der Waals surface area contributed by atoms with Crippen LogP contribution in [0, 0.1) is 5.82 Å². The first-order valence-electron chi connectivity index (χ1n) is 9.12. The lowest BCUT2D eigenvalue weighted by Crippen LogP contribution is -2.52. The van der Waals surface area contributed by atoms with Gasteiger partial charge in [-0.15, -0.1) is 0 Å². The molecule has 2 fully saturated rings. The molecule has 2 aliphatic heterocycles. The molecule has 0 aromatic heterocycles. The Labute approximate surface area is 152 Å². The molecule has 0 unspecified atom stereocenters. The number of carbonyl (C=O) groups is 2. The van der Waals surface area contributed by atoms with E-state index in [4.69, 9.17) is 9.47 Å². The van der Waals surface area contributed by atoms with Crippen LogP contribution in [0.15, 0.2) is 24.3 Å². The van der Waals surface area contributed by atoms with Gasteiger partial charge in [0, 0.05) is 31.8 Å². The van der Waals surface area contributed by atoms with Crippen molar-refractivity contribution in [1.82, 2.24) is 9.80 Å². The molecule has 0 spiro atoms. The Bertz CT molecular complexity index is 634. The lowest BCUT2D eigenvalue weighted by Gasteiger charge is -2.34. The van der Waals surface area contributed by atoms with Gasteiger partial charge >= 0.3 is 0 Å². The van der Waals surface area contributed by atoms with E-state index in [-0.39, 0.29) is 43.4 Å². The third-order valence-electron chi connectivity index (χ3n) is 4.79. The van der Waals surface area contributed by atoms with E-state index in [1.54, 1.807) is 23.1 Å². The minimum Gasteiger partial charge on any atom is -0.376 e. The Morgan fingerprint density at radius 2 is 2.12 bits per heavy atom. The van der Waals surface area contributed by atoms with Crippen molar-refractivity contribution in [1.29, 1.82) is 0 Å². The van der Waals surface area contributed by atoms with Crippen molar-refractivity contribution in [3.63, 3.8) is 0 Å². The Kier molecular flexibility index (Phi) is 6.57. The van der Waals surface area contributed by atoms with Crippen molar-refractivity contribution in [2.75, 3.05) is 39.5 Å². The van der Waals surface area contributed by atoms with Gasteiger partial charge in [0.2, 0.25) is 11.8 Å². The zero-order valence-corrected chi connectivity index (χ0v) is 14.9. The Hall–Kier alpha value is -1.99. The first-order chi connectivity index (χ1) is 12.6. The molecule has 1 atom stereocenters. The molecule has 0 N–H and O–H groups in total. The summed E-state index contributed by atoms with van der Waals surface area (Å²) < 4.78 is 24.8. The third kappa shape index (κ3) is 5.02. The summed E-state index contributed by atoms with van der Waals surface area (Å²) in [6, 6.07) is 6.42. The highest BCUT2D eigenvalue weighted by Crippen LogP contribution is 2.14. The van der Waals surface area contributed by atoms with E-state index in [9.17, 15) is 14.0 Å². The standard InChI is InChI=1S/C19H25FN2O4/c20-17-7-2-1-5-15(17)11-21-8-9-22(12-18(21)23)19(24)14-25-13-16-6-3-4-10-26-16/h1-2,5,7,16H,3-4,6,8-14H2/t16-/m1/s1. The highest BCUT2D eigenvalue weighted by atomic mass is 19.1. The zero-order valence-electron chi connectivity index (χ0n) is 14.9. The first-order valence-corrected chi connectivity index (χ1v) is 9.12. The fraction of sp³-hybridized carbons (Fsp3) is 0.579. The van der Waals surface area contributed by atoms with Gasteiger partial charge in [-0.1, -0.05) is 18.2 Å². The molecular weight excluding hydrogens is 339 g/mol.